The minimum atomic E-state index is -1.90. The van der Waals surface area contributed by atoms with Crippen LogP contribution in [-0.4, -0.2) is 57.4 Å². The zero-order chi connectivity index (χ0) is 28.3. The Bertz CT molecular complexity index is 1630. The molecule has 0 unspecified atom stereocenters. The number of aromatic nitrogens is 2. The van der Waals surface area contributed by atoms with Crippen LogP contribution in [0.4, 0.5) is 0 Å². The van der Waals surface area contributed by atoms with Crippen molar-refractivity contribution in [2.24, 2.45) is 5.73 Å². The standard InChI is InChI=1S/C29H32N4O7/c1-4-29(37)20-9-22-26-18(12-33(22)27(35)19(20)13-38-28(29)36)16(6-5-7-32(15(2)3)25(34)11-30)17-8-23-24(40-14-39-23)10-21(17)31-26/h8-10,15,37H,4-7,11-14,30H2,1-3H3/t29-/m0/s1. The molecule has 0 radical (unpaired) electrons. The van der Waals surface area contributed by atoms with Crippen LogP contribution < -0.4 is 20.8 Å². The number of hydrogen-bond donors (Lipinski definition) is 2. The Morgan fingerprint density at radius 2 is 1.93 bits per heavy atom. The molecule has 2 aromatic heterocycles. The second kappa shape index (κ2) is 9.60. The first-order valence-corrected chi connectivity index (χ1v) is 13.6. The van der Waals surface area contributed by atoms with Gasteiger partial charge in [0.1, 0.15) is 6.61 Å². The van der Waals surface area contributed by atoms with Crippen molar-refractivity contribution >= 4 is 22.8 Å². The maximum Gasteiger partial charge on any atom is 0.343 e. The van der Waals surface area contributed by atoms with Crippen LogP contribution in [0, 0.1) is 0 Å². The third-order valence-electron chi connectivity index (χ3n) is 8.24. The van der Waals surface area contributed by atoms with E-state index in [9.17, 15) is 19.5 Å². The van der Waals surface area contributed by atoms with Gasteiger partial charge in [0.05, 0.1) is 35.6 Å². The fourth-order valence-corrected chi connectivity index (χ4v) is 6.05. The van der Waals surface area contributed by atoms with E-state index in [4.69, 9.17) is 24.9 Å². The number of amides is 1. The van der Waals surface area contributed by atoms with Crippen LogP contribution in [0.15, 0.2) is 23.0 Å². The summed E-state index contributed by atoms with van der Waals surface area (Å²) in [5, 5.41) is 12.1. The largest absolute Gasteiger partial charge is 0.458 e. The number of carbonyl (C=O) groups excluding carboxylic acids is 2. The number of benzene rings is 1. The van der Waals surface area contributed by atoms with Crippen molar-refractivity contribution in [3.05, 3.63) is 50.8 Å². The molecule has 11 nitrogen and oxygen atoms in total. The normalized spacial score (nSPS) is 18.5. The van der Waals surface area contributed by atoms with E-state index >= 15 is 0 Å². The summed E-state index contributed by atoms with van der Waals surface area (Å²) in [6, 6.07) is 5.48. The number of pyridine rings is 2. The molecule has 0 saturated carbocycles. The van der Waals surface area contributed by atoms with Crippen molar-refractivity contribution in [2.75, 3.05) is 19.9 Å². The van der Waals surface area contributed by atoms with Gasteiger partial charge in [0.2, 0.25) is 12.7 Å². The molecule has 3 aromatic rings. The summed E-state index contributed by atoms with van der Waals surface area (Å²) in [5.41, 5.74) is 7.72. The van der Waals surface area contributed by atoms with Crippen molar-refractivity contribution in [3.8, 4) is 22.9 Å². The lowest BCUT2D eigenvalue weighted by Crippen LogP contribution is -2.44. The van der Waals surface area contributed by atoms with Crippen molar-refractivity contribution < 1.29 is 28.9 Å². The Morgan fingerprint density at radius 1 is 1.18 bits per heavy atom. The lowest BCUT2D eigenvalue weighted by molar-refractivity contribution is -0.172. The van der Waals surface area contributed by atoms with Gasteiger partial charge in [-0.1, -0.05) is 6.92 Å². The number of carbonyl (C=O) groups is 2. The molecule has 0 spiro atoms. The van der Waals surface area contributed by atoms with E-state index in [1.807, 2.05) is 26.0 Å². The Balaban J connectivity index is 1.49. The molecule has 3 aliphatic rings. The number of aryl methyl sites for hydroxylation is 1. The highest BCUT2D eigenvalue weighted by Crippen LogP contribution is 2.43. The Labute approximate surface area is 230 Å². The fourth-order valence-electron chi connectivity index (χ4n) is 6.05. The first-order valence-electron chi connectivity index (χ1n) is 13.6. The number of aliphatic hydroxyl groups is 1. The minimum Gasteiger partial charge on any atom is -0.458 e. The molecule has 1 aromatic carbocycles. The lowest BCUT2D eigenvalue weighted by atomic mass is 9.86. The van der Waals surface area contributed by atoms with E-state index < -0.39 is 11.6 Å². The molecule has 1 atom stereocenters. The van der Waals surface area contributed by atoms with Gasteiger partial charge in [-0.3, -0.25) is 9.59 Å². The molecule has 5 heterocycles. The van der Waals surface area contributed by atoms with Crippen molar-refractivity contribution in [3.63, 3.8) is 0 Å². The van der Waals surface area contributed by atoms with Crippen LogP contribution in [0.25, 0.3) is 22.3 Å². The molecule has 210 valence electrons. The van der Waals surface area contributed by atoms with Crippen LogP contribution in [0.3, 0.4) is 0 Å². The quantitative estimate of drug-likeness (QED) is 0.331. The third-order valence-corrected chi connectivity index (χ3v) is 8.24. The van der Waals surface area contributed by atoms with Gasteiger partial charge in [-0.2, -0.15) is 0 Å². The molecule has 0 saturated heterocycles. The number of rotatable bonds is 7. The van der Waals surface area contributed by atoms with Gasteiger partial charge in [-0.15, -0.1) is 0 Å². The summed E-state index contributed by atoms with van der Waals surface area (Å²) in [6.45, 7) is 6.32. The van der Waals surface area contributed by atoms with E-state index in [-0.39, 0.29) is 61.5 Å². The maximum absolute atomic E-state index is 13.7. The average Bonchev–Trinajstić information content (AvgIpc) is 3.55. The van der Waals surface area contributed by atoms with Crippen molar-refractivity contribution in [1.29, 1.82) is 0 Å². The summed E-state index contributed by atoms with van der Waals surface area (Å²) in [7, 11) is 0. The molecule has 0 bridgehead atoms. The first kappa shape index (κ1) is 26.3. The third kappa shape index (κ3) is 3.87. The van der Waals surface area contributed by atoms with E-state index in [0.29, 0.717) is 47.8 Å². The molecular formula is C29H32N4O7. The molecular weight excluding hydrogens is 516 g/mol. The van der Waals surface area contributed by atoms with Gasteiger partial charge in [0, 0.05) is 35.2 Å². The lowest BCUT2D eigenvalue weighted by Gasteiger charge is -2.31. The zero-order valence-electron chi connectivity index (χ0n) is 22.8. The summed E-state index contributed by atoms with van der Waals surface area (Å²) in [6.07, 6.45) is 1.36. The van der Waals surface area contributed by atoms with Crippen molar-refractivity contribution in [1.82, 2.24) is 14.5 Å². The van der Waals surface area contributed by atoms with E-state index in [0.717, 1.165) is 16.5 Å². The number of cyclic esters (lactones) is 1. The number of ether oxygens (including phenoxy) is 3. The van der Waals surface area contributed by atoms with Gasteiger partial charge in [-0.05, 0) is 50.8 Å². The smallest absolute Gasteiger partial charge is 0.343 e. The SMILES string of the molecule is CC[C@@]1(O)C(=O)OCc2c1cc1n(c2=O)Cc2c-1nc1cc3c(cc1c2CCCN(C(=O)CN)C(C)C)OCO3. The fraction of sp³-hybridized carbons (Fsp3) is 0.448. The molecule has 3 N–H and O–H groups in total. The monoisotopic (exact) mass is 548 g/mol. The first-order chi connectivity index (χ1) is 19.2. The molecule has 0 fully saturated rings. The van der Waals surface area contributed by atoms with E-state index in [2.05, 4.69) is 0 Å². The molecule has 11 heteroatoms. The van der Waals surface area contributed by atoms with Crippen LogP contribution >= 0.6 is 0 Å². The summed E-state index contributed by atoms with van der Waals surface area (Å²) < 4.78 is 18.1. The average molecular weight is 549 g/mol. The highest BCUT2D eigenvalue weighted by atomic mass is 16.7. The Kier molecular flexibility index (Phi) is 6.30. The number of esters is 1. The van der Waals surface area contributed by atoms with Crippen LogP contribution in [-0.2, 0) is 39.5 Å². The highest BCUT2D eigenvalue weighted by molar-refractivity contribution is 5.91. The molecule has 0 aliphatic carbocycles. The van der Waals surface area contributed by atoms with Gasteiger partial charge in [0.15, 0.2) is 17.1 Å². The highest BCUT2D eigenvalue weighted by Gasteiger charge is 2.45. The van der Waals surface area contributed by atoms with E-state index in [1.165, 1.54) is 0 Å². The van der Waals surface area contributed by atoms with Crippen LogP contribution in [0.1, 0.15) is 55.9 Å². The molecule has 6 rings (SSSR count). The van der Waals surface area contributed by atoms with Crippen LogP contribution in [0.5, 0.6) is 11.5 Å². The summed E-state index contributed by atoms with van der Waals surface area (Å²) in [5.74, 6) is 0.360. The van der Waals surface area contributed by atoms with Gasteiger partial charge in [-0.25, -0.2) is 9.78 Å². The second-order valence-electron chi connectivity index (χ2n) is 10.7. The summed E-state index contributed by atoms with van der Waals surface area (Å²) >= 11 is 0. The van der Waals surface area contributed by atoms with Crippen LogP contribution in [0.2, 0.25) is 0 Å². The zero-order valence-corrected chi connectivity index (χ0v) is 22.8. The second-order valence-corrected chi connectivity index (χ2v) is 10.7. The number of hydrogen-bond acceptors (Lipinski definition) is 9. The van der Waals surface area contributed by atoms with E-state index in [1.54, 1.807) is 22.5 Å². The maximum atomic E-state index is 13.7. The molecule has 3 aliphatic heterocycles. The minimum absolute atomic E-state index is 0.0150. The molecule has 1 amide bonds. The topological polar surface area (TPSA) is 146 Å². The Hall–Kier alpha value is -3.96. The van der Waals surface area contributed by atoms with Gasteiger partial charge < -0.3 is 34.5 Å². The number of nitrogens with zero attached hydrogens (tertiary/aromatic N) is 3. The van der Waals surface area contributed by atoms with Crippen molar-refractivity contribution in [2.45, 2.75) is 64.8 Å². The predicted octanol–water partition coefficient (Wildman–Crippen LogP) is 1.94. The predicted molar refractivity (Wildman–Crippen MR) is 145 cm³/mol. The van der Waals surface area contributed by atoms with Gasteiger partial charge >= 0.3 is 5.97 Å². The summed E-state index contributed by atoms with van der Waals surface area (Å²) in [4.78, 5) is 45.3. The number of fused-ring (bicyclic) bond motifs is 6. The van der Waals surface area contributed by atoms with Gasteiger partial charge in [0.25, 0.3) is 5.56 Å². The number of nitrogens with two attached hydrogens (primary N) is 1. The molecule has 40 heavy (non-hydrogen) atoms. The Morgan fingerprint density at radius 3 is 2.62 bits per heavy atom.